The summed E-state index contributed by atoms with van der Waals surface area (Å²) in [7, 11) is 0. The van der Waals surface area contributed by atoms with Crippen molar-refractivity contribution in [2.75, 3.05) is 0 Å². The lowest BCUT2D eigenvalue weighted by atomic mass is 9.98. The SMILES string of the molecule is N#Cc1ccccc1-c1ccc2c3ccccc3n(-c3cc(C#N)c(-c4ccncc4)cc3-n3c4ccccc4c4ccc(-c5ccccc5C#N)cc43)c2c1. The first-order valence-corrected chi connectivity index (χ1v) is 18.2. The molecule has 0 saturated carbocycles. The molecule has 6 heteroatoms. The van der Waals surface area contributed by atoms with E-state index in [1.807, 2.05) is 78.9 Å². The van der Waals surface area contributed by atoms with E-state index in [0.29, 0.717) is 16.7 Å². The molecule has 0 unspecified atom stereocenters. The number of hydrogen-bond acceptors (Lipinski definition) is 4. The van der Waals surface area contributed by atoms with Crippen LogP contribution in [0, 0.1) is 34.0 Å². The Labute approximate surface area is 322 Å². The van der Waals surface area contributed by atoms with Gasteiger partial charge in [-0.15, -0.1) is 0 Å². The fraction of sp³-hybridized carbons (Fsp3) is 0. The number of aromatic nitrogens is 3. The maximum absolute atomic E-state index is 10.8. The summed E-state index contributed by atoms with van der Waals surface area (Å²) in [6, 6.07) is 60.1. The lowest BCUT2D eigenvalue weighted by molar-refractivity contribution is 1.09. The molecule has 56 heavy (non-hydrogen) atoms. The average molecular weight is 713 g/mol. The third-order valence-corrected chi connectivity index (χ3v) is 10.8. The number of benzene rings is 7. The highest BCUT2D eigenvalue weighted by Crippen LogP contribution is 2.42. The molecule has 0 aliphatic carbocycles. The molecule has 0 N–H and O–H groups in total. The molecule has 3 heterocycles. The summed E-state index contributed by atoms with van der Waals surface area (Å²) in [6.07, 6.45) is 3.49. The van der Waals surface area contributed by atoms with Gasteiger partial charge in [0.05, 0.1) is 68.3 Å². The van der Waals surface area contributed by atoms with Gasteiger partial charge >= 0.3 is 0 Å². The van der Waals surface area contributed by atoms with Crippen LogP contribution in [0.15, 0.2) is 170 Å². The standard InChI is InChI=1S/C50H28N6/c51-29-35-9-1-3-11-38(35)33-17-19-42-40-13-5-7-15-45(40)55(47(42)25-33)49-27-37(31-53)44(32-21-23-54-24-22-32)28-50(49)56-46-16-8-6-14-41(46)43-20-18-34(26-48(43)56)39-12-4-2-10-36(39)30-52/h1-28H. The van der Waals surface area contributed by atoms with Crippen molar-refractivity contribution in [3.05, 3.63) is 187 Å². The number of nitrogens with zero attached hydrogens (tertiary/aromatic N) is 6. The highest BCUT2D eigenvalue weighted by Gasteiger charge is 2.23. The molecular formula is C50H28N6. The smallest absolute Gasteiger partial charge is 0.0998 e. The van der Waals surface area contributed by atoms with Gasteiger partial charge in [-0.2, -0.15) is 15.8 Å². The van der Waals surface area contributed by atoms with Crippen LogP contribution in [0.5, 0.6) is 0 Å². The largest absolute Gasteiger partial charge is 0.307 e. The van der Waals surface area contributed by atoms with Gasteiger partial charge in [0.25, 0.3) is 0 Å². The fourth-order valence-electron chi connectivity index (χ4n) is 8.26. The van der Waals surface area contributed by atoms with Crippen LogP contribution in [-0.4, -0.2) is 14.1 Å². The average Bonchev–Trinajstić information content (AvgIpc) is 3.78. The van der Waals surface area contributed by atoms with Gasteiger partial charge in [-0.05, 0) is 88.5 Å². The van der Waals surface area contributed by atoms with Crippen LogP contribution in [0.3, 0.4) is 0 Å². The molecule has 258 valence electrons. The topological polar surface area (TPSA) is 94.1 Å². The summed E-state index contributed by atoms with van der Waals surface area (Å²) in [5.74, 6) is 0. The molecule has 10 rings (SSSR count). The van der Waals surface area contributed by atoms with E-state index in [9.17, 15) is 15.8 Å². The van der Waals surface area contributed by atoms with Gasteiger partial charge in [0.1, 0.15) is 0 Å². The van der Waals surface area contributed by atoms with E-state index in [1.165, 1.54) is 0 Å². The molecule has 0 amide bonds. The number of pyridine rings is 1. The van der Waals surface area contributed by atoms with Crippen molar-refractivity contribution in [2.45, 2.75) is 0 Å². The number of rotatable bonds is 5. The highest BCUT2D eigenvalue weighted by atomic mass is 15.1. The summed E-state index contributed by atoms with van der Waals surface area (Å²) in [6.45, 7) is 0. The van der Waals surface area contributed by atoms with Crippen LogP contribution in [0.1, 0.15) is 16.7 Å². The first-order chi connectivity index (χ1) is 27.7. The second kappa shape index (κ2) is 13.0. The molecule has 6 nitrogen and oxygen atoms in total. The van der Waals surface area contributed by atoms with E-state index in [4.69, 9.17) is 0 Å². The summed E-state index contributed by atoms with van der Waals surface area (Å²) in [5.41, 5.74) is 12.6. The fourth-order valence-corrected chi connectivity index (χ4v) is 8.26. The van der Waals surface area contributed by atoms with Crippen LogP contribution < -0.4 is 0 Å². The van der Waals surface area contributed by atoms with Gasteiger partial charge in [0.15, 0.2) is 0 Å². The number of nitriles is 3. The molecule has 0 atom stereocenters. The second-order valence-corrected chi connectivity index (χ2v) is 13.7. The van der Waals surface area contributed by atoms with Gasteiger partial charge in [-0.3, -0.25) is 4.98 Å². The van der Waals surface area contributed by atoms with E-state index in [2.05, 4.69) is 111 Å². The third-order valence-electron chi connectivity index (χ3n) is 10.8. The molecule has 0 aliphatic heterocycles. The normalized spacial score (nSPS) is 11.2. The van der Waals surface area contributed by atoms with Crippen molar-refractivity contribution in [3.8, 4) is 63.0 Å². The van der Waals surface area contributed by atoms with Crippen LogP contribution in [0.2, 0.25) is 0 Å². The van der Waals surface area contributed by atoms with Crippen molar-refractivity contribution >= 4 is 43.6 Å². The zero-order valence-electron chi connectivity index (χ0n) is 29.8. The molecule has 0 bridgehead atoms. The Balaban J connectivity index is 1.37. The maximum atomic E-state index is 10.8. The van der Waals surface area contributed by atoms with Crippen LogP contribution in [-0.2, 0) is 0 Å². The van der Waals surface area contributed by atoms with Crippen molar-refractivity contribution in [3.63, 3.8) is 0 Å². The van der Waals surface area contributed by atoms with E-state index in [1.54, 1.807) is 12.4 Å². The molecule has 0 aliphatic rings. The Morgan fingerprint density at radius 3 is 1.32 bits per heavy atom. The van der Waals surface area contributed by atoms with E-state index < -0.39 is 0 Å². The molecule has 10 aromatic rings. The lowest BCUT2D eigenvalue weighted by Crippen LogP contribution is -2.05. The predicted molar refractivity (Wildman–Crippen MR) is 223 cm³/mol. The second-order valence-electron chi connectivity index (χ2n) is 13.7. The monoisotopic (exact) mass is 712 g/mol. The zero-order chi connectivity index (χ0) is 37.8. The Hall–Kier alpha value is -8.24. The van der Waals surface area contributed by atoms with Gasteiger partial charge in [0, 0.05) is 39.5 Å². The van der Waals surface area contributed by atoms with Gasteiger partial charge in [-0.1, -0.05) is 97.1 Å². The quantitative estimate of drug-likeness (QED) is 0.177. The van der Waals surface area contributed by atoms with Crippen molar-refractivity contribution in [1.82, 2.24) is 14.1 Å². The van der Waals surface area contributed by atoms with E-state index >= 15 is 0 Å². The van der Waals surface area contributed by atoms with Crippen molar-refractivity contribution in [1.29, 1.82) is 15.8 Å². The Bertz CT molecular complexity index is 3350. The number of hydrogen-bond donors (Lipinski definition) is 0. The number of fused-ring (bicyclic) bond motifs is 6. The van der Waals surface area contributed by atoms with E-state index in [0.717, 1.165) is 88.4 Å². The van der Waals surface area contributed by atoms with Gasteiger partial charge in [-0.25, -0.2) is 0 Å². The molecule has 3 aromatic heterocycles. The molecular weight excluding hydrogens is 685 g/mol. The van der Waals surface area contributed by atoms with Crippen LogP contribution >= 0.6 is 0 Å². The molecule has 7 aromatic carbocycles. The summed E-state index contributed by atoms with van der Waals surface area (Å²) in [4.78, 5) is 4.27. The van der Waals surface area contributed by atoms with Crippen molar-refractivity contribution < 1.29 is 0 Å². The molecule has 0 saturated heterocycles. The zero-order valence-corrected chi connectivity index (χ0v) is 29.8. The maximum Gasteiger partial charge on any atom is 0.0998 e. The minimum absolute atomic E-state index is 0.524. The lowest BCUT2D eigenvalue weighted by Gasteiger charge is -2.20. The summed E-state index contributed by atoms with van der Waals surface area (Å²) in [5, 5.41) is 35.2. The number of para-hydroxylation sites is 2. The summed E-state index contributed by atoms with van der Waals surface area (Å²) >= 11 is 0. The minimum Gasteiger partial charge on any atom is -0.307 e. The minimum atomic E-state index is 0.524. The third kappa shape index (κ3) is 4.97. The Kier molecular flexibility index (Phi) is 7.53. The van der Waals surface area contributed by atoms with Crippen LogP contribution in [0.4, 0.5) is 0 Å². The Morgan fingerprint density at radius 2 is 0.804 bits per heavy atom. The summed E-state index contributed by atoms with van der Waals surface area (Å²) < 4.78 is 4.55. The van der Waals surface area contributed by atoms with E-state index in [-0.39, 0.29) is 0 Å². The van der Waals surface area contributed by atoms with Crippen LogP contribution in [0.25, 0.3) is 88.4 Å². The molecule has 0 fully saturated rings. The van der Waals surface area contributed by atoms with Gasteiger partial charge in [0.2, 0.25) is 0 Å². The van der Waals surface area contributed by atoms with Crippen molar-refractivity contribution in [2.24, 2.45) is 0 Å². The first kappa shape index (κ1) is 32.4. The molecule has 0 radical (unpaired) electrons. The van der Waals surface area contributed by atoms with Gasteiger partial charge < -0.3 is 9.13 Å². The highest BCUT2D eigenvalue weighted by molar-refractivity contribution is 6.13. The molecule has 0 spiro atoms. The predicted octanol–water partition coefficient (Wildman–Crippen LogP) is 11.9. The Morgan fingerprint density at radius 1 is 0.357 bits per heavy atom. The first-order valence-electron chi connectivity index (χ1n) is 18.2.